The lowest BCUT2D eigenvalue weighted by Crippen LogP contribution is -2.42. The minimum Gasteiger partial charge on any atom is -0.444 e. The Hall–Kier alpha value is -1.89. The number of nitrogens with zero attached hydrogens (tertiary/aromatic N) is 1. The first-order valence-corrected chi connectivity index (χ1v) is 10.4. The molecule has 5 nitrogen and oxygen atoms in total. The number of halogens is 2. The zero-order valence-electron chi connectivity index (χ0n) is 16.4. The molecule has 1 N–H and O–H groups in total. The number of pyridine rings is 1. The number of carbonyl (C=O) groups is 1. The molecule has 0 spiro atoms. The number of aromatic nitrogens is 1. The summed E-state index contributed by atoms with van der Waals surface area (Å²) in [6.45, 7) is 6.07. The van der Waals surface area contributed by atoms with Crippen LogP contribution in [0.2, 0.25) is 0 Å². The summed E-state index contributed by atoms with van der Waals surface area (Å²) in [5.41, 5.74) is -0.716. The molecule has 1 aromatic carbocycles. The van der Waals surface area contributed by atoms with Gasteiger partial charge in [0.25, 0.3) is 5.56 Å². The summed E-state index contributed by atoms with van der Waals surface area (Å²) in [5, 5.41) is 4.03. The monoisotopic (exact) mass is 452 g/mol. The number of benzene rings is 1. The van der Waals surface area contributed by atoms with Gasteiger partial charge >= 0.3 is 6.09 Å². The number of rotatable bonds is 3. The van der Waals surface area contributed by atoms with Crippen LogP contribution in [-0.4, -0.2) is 22.3 Å². The maximum absolute atomic E-state index is 13.9. The minimum absolute atomic E-state index is 0.0400. The van der Waals surface area contributed by atoms with Crippen LogP contribution in [0.5, 0.6) is 0 Å². The summed E-state index contributed by atoms with van der Waals surface area (Å²) < 4.78 is 21.2. The topological polar surface area (TPSA) is 60.3 Å². The van der Waals surface area contributed by atoms with Gasteiger partial charge in [0.2, 0.25) is 0 Å². The molecule has 0 saturated heterocycles. The van der Waals surface area contributed by atoms with Crippen molar-refractivity contribution in [2.45, 2.75) is 64.6 Å². The van der Waals surface area contributed by atoms with Crippen molar-refractivity contribution in [3.63, 3.8) is 0 Å². The van der Waals surface area contributed by atoms with Gasteiger partial charge in [0.05, 0.1) is 9.86 Å². The zero-order valence-corrected chi connectivity index (χ0v) is 18.0. The standard InChI is InChI=1S/C21H26BrFN2O3/c1-21(2,3)28-20(27)24-15-6-4-5-13(9-15)12-25-8-7-14-10-17(22)18(23)11-16(14)19(25)26/h7-8,10-11,13,15H,4-6,9,12H2,1-3H3,(H,24,27)/t13-,15+/m1/s1. The molecule has 0 bridgehead atoms. The first kappa shape index (κ1) is 20.8. The number of fused-ring (bicyclic) bond motifs is 1. The van der Waals surface area contributed by atoms with E-state index in [1.165, 1.54) is 6.07 Å². The molecule has 7 heteroatoms. The highest BCUT2D eigenvalue weighted by Crippen LogP contribution is 2.26. The maximum atomic E-state index is 13.9. The lowest BCUT2D eigenvalue weighted by molar-refractivity contribution is 0.0483. The van der Waals surface area contributed by atoms with Crippen LogP contribution in [-0.2, 0) is 11.3 Å². The number of alkyl carbamates (subject to hydrolysis) is 1. The van der Waals surface area contributed by atoms with E-state index in [9.17, 15) is 14.0 Å². The number of carbonyl (C=O) groups excluding carboxylic acids is 1. The highest BCUT2D eigenvalue weighted by Gasteiger charge is 2.26. The van der Waals surface area contributed by atoms with E-state index in [1.54, 1.807) is 16.8 Å². The smallest absolute Gasteiger partial charge is 0.407 e. The van der Waals surface area contributed by atoms with Crippen molar-refractivity contribution in [2.24, 2.45) is 5.92 Å². The number of amides is 1. The van der Waals surface area contributed by atoms with Crippen LogP contribution in [0.4, 0.5) is 9.18 Å². The van der Waals surface area contributed by atoms with Crippen molar-refractivity contribution in [1.29, 1.82) is 0 Å². The average Bonchev–Trinajstić information content (AvgIpc) is 2.58. The Morgan fingerprint density at radius 1 is 1.36 bits per heavy atom. The van der Waals surface area contributed by atoms with E-state index in [2.05, 4.69) is 21.2 Å². The Kier molecular flexibility index (Phi) is 6.12. The first-order chi connectivity index (χ1) is 13.1. The van der Waals surface area contributed by atoms with Crippen LogP contribution in [0.1, 0.15) is 46.5 Å². The normalized spacial score (nSPS) is 20.2. The molecule has 2 atom stereocenters. The first-order valence-electron chi connectivity index (χ1n) is 9.60. The molecule has 1 aliphatic carbocycles. The quantitative estimate of drug-likeness (QED) is 0.713. The van der Waals surface area contributed by atoms with Crippen LogP contribution in [0, 0.1) is 11.7 Å². The molecule has 1 heterocycles. The lowest BCUT2D eigenvalue weighted by atomic mass is 9.85. The maximum Gasteiger partial charge on any atom is 0.407 e. The Bertz CT molecular complexity index is 936. The van der Waals surface area contributed by atoms with Crippen LogP contribution in [0.25, 0.3) is 10.8 Å². The number of hydrogen-bond acceptors (Lipinski definition) is 3. The molecular weight excluding hydrogens is 427 g/mol. The second-order valence-electron chi connectivity index (χ2n) is 8.50. The Balaban J connectivity index is 1.70. The molecule has 2 aromatic rings. The van der Waals surface area contributed by atoms with Gasteiger partial charge in [-0.3, -0.25) is 4.79 Å². The molecule has 1 saturated carbocycles. The van der Waals surface area contributed by atoms with Crippen LogP contribution < -0.4 is 10.9 Å². The van der Waals surface area contributed by atoms with Crippen LogP contribution in [0.15, 0.2) is 33.7 Å². The van der Waals surface area contributed by atoms with Crippen LogP contribution in [0.3, 0.4) is 0 Å². The van der Waals surface area contributed by atoms with Gasteiger partial charge in [0.1, 0.15) is 11.4 Å². The molecule has 1 fully saturated rings. The van der Waals surface area contributed by atoms with Crippen molar-refractivity contribution in [1.82, 2.24) is 9.88 Å². The van der Waals surface area contributed by atoms with Crippen molar-refractivity contribution < 1.29 is 13.9 Å². The molecule has 0 radical (unpaired) electrons. The van der Waals surface area contributed by atoms with Gasteiger partial charge in [-0.05, 0) is 85.5 Å². The van der Waals surface area contributed by atoms with E-state index >= 15 is 0 Å². The highest BCUT2D eigenvalue weighted by molar-refractivity contribution is 9.10. The summed E-state index contributed by atoms with van der Waals surface area (Å²) in [6, 6.07) is 4.78. The van der Waals surface area contributed by atoms with E-state index in [4.69, 9.17) is 4.74 Å². The highest BCUT2D eigenvalue weighted by atomic mass is 79.9. The molecule has 0 unspecified atom stereocenters. The Labute approximate surface area is 172 Å². The molecule has 0 aliphatic heterocycles. The van der Waals surface area contributed by atoms with Crippen molar-refractivity contribution in [3.05, 3.63) is 45.0 Å². The molecule has 28 heavy (non-hydrogen) atoms. The van der Waals surface area contributed by atoms with Gasteiger partial charge in [-0.1, -0.05) is 6.42 Å². The van der Waals surface area contributed by atoms with Crippen molar-refractivity contribution in [3.8, 4) is 0 Å². The van der Waals surface area contributed by atoms with Gasteiger partial charge in [0, 0.05) is 18.8 Å². The molecule has 1 amide bonds. The average molecular weight is 453 g/mol. The van der Waals surface area contributed by atoms with Gasteiger partial charge in [-0.15, -0.1) is 0 Å². The Morgan fingerprint density at radius 2 is 2.11 bits per heavy atom. The van der Waals surface area contributed by atoms with E-state index in [0.717, 1.165) is 25.7 Å². The second-order valence-corrected chi connectivity index (χ2v) is 9.36. The predicted octanol–water partition coefficient (Wildman–Crippen LogP) is 4.99. The van der Waals surface area contributed by atoms with E-state index in [0.29, 0.717) is 21.8 Å². The molecule has 3 rings (SSSR count). The van der Waals surface area contributed by atoms with E-state index < -0.39 is 17.5 Å². The van der Waals surface area contributed by atoms with Crippen molar-refractivity contribution in [2.75, 3.05) is 0 Å². The number of hydrogen-bond donors (Lipinski definition) is 1. The largest absolute Gasteiger partial charge is 0.444 e. The SMILES string of the molecule is CC(C)(C)OC(=O)N[C@H]1CCC[C@@H](Cn2ccc3cc(Br)c(F)cc3c2=O)C1. The Morgan fingerprint density at radius 3 is 2.82 bits per heavy atom. The van der Waals surface area contributed by atoms with Gasteiger partial charge in [-0.25, -0.2) is 9.18 Å². The fraction of sp³-hybridized carbons (Fsp3) is 0.524. The second kappa shape index (κ2) is 8.23. The third-order valence-corrected chi connectivity index (χ3v) is 5.58. The van der Waals surface area contributed by atoms with Gasteiger partial charge < -0.3 is 14.6 Å². The van der Waals surface area contributed by atoms with Gasteiger partial charge in [0.15, 0.2) is 0 Å². The lowest BCUT2D eigenvalue weighted by Gasteiger charge is -2.31. The van der Waals surface area contributed by atoms with Crippen molar-refractivity contribution >= 4 is 32.8 Å². The summed E-state index contributed by atoms with van der Waals surface area (Å²) in [6.07, 6.45) is 5.03. The van der Waals surface area contributed by atoms with Gasteiger partial charge in [-0.2, -0.15) is 0 Å². The summed E-state index contributed by atoms with van der Waals surface area (Å²) in [4.78, 5) is 24.8. The number of ether oxygens (including phenoxy) is 1. The van der Waals surface area contributed by atoms with E-state index in [1.807, 2.05) is 26.8 Å². The molecule has 1 aromatic heterocycles. The summed E-state index contributed by atoms with van der Waals surface area (Å²) in [7, 11) is 0. The molecular formula is C21H26BrFN2O3. The fourth-order valence-corrected chi connectivity index (χ4v) is 4.12. The summed E-state index contributed by atoms with van der Waals surface area (Å²) >= 11 is 3.15. The predicted molar refractivity (Wildman–Crippen MR) is 111 cm³/mol. The zero-order chi connectivity index (χ0) is 20.5. The summed E-state index contributed by atoms with van der Waals surface area (Å²) in [5.74, 6) is -0.175. The third-order valence-electron chi connectivity index (χ3n) is 4.98. The third kappa shape index (κ3) is 5.13. The number of nitrogens with one attached hydrogen (secondary N) is 1. The fourth-order valence-electron chi connectivity index (χ4n) is 3.76. The molecule has 1 aliphatic rings. The minimum atomic E-state index is -0.527. The van der Waals surface area contributed by atoms with Crippen LogP contribution >= 0.6 is 15.9 Å². The molecule has 152 valence electrons. The van der Waals surface area contributed by atoms with E-state index in [-0.39, 0.29) is 17.5 Å².